The van der Waals surface area contributed by atoms with Gasteiger partial charge in [-0.15, -0.1) is 0 Å². The number of anilines is 1. The zero-order valence-corrected chi connectivity index (χ0v) is 13.1. The van der Waals surface area contributed by atoms with Crippen molar-refractivity contribution in [3.63, 3.8) is 0 Å². The van der Waals surface area contributed by atoms with Gasteiger partial charge >= 0.3 is 0 Å². The molecule has 21 heavy (non-hydrogen) atoms. The van der Waals surface area contributed by atoms with Gasteiger partial charge in [0.05, 0.1) is 4.90 Å². The maximum Gasteiger partial charge on any atom is 0.240 e. The van der Waals surface area contributed by atoms with Crippen molar-refractivity contribution in [2.45, 2.75) is 31.6 Å². The second-order valence-corrected chi connectivity index (χ2v) is 7.62. The maximum atomic E-state index is 12.4. The summed E-state index contributed by atoms with van der Waals surface area (Å²) < 4.78 is 26.7. The second-order valence-electron chi connectivity index (χ2n) is 5.85. The number of rotatable bonds is 4. The summed E-state index contributed by atoms with van der Waals surface area (Å²) in [4.78, 5) is 14.4. The van der Waals surface area contributed by atoms with Gasteiger partial charge in [0, 0.05) is 24.7 Å². The van der Waals surface area contributed by atoms with E-state index in [4.69, 9.17) is 0 Å². The molecule has 2 aliphatic rings. The Hall–Kier alpha value is -1.40. The van der Waals surface area contributed by atoms with Gasteiger partial charge in [0.1, 0.15) is 0 Å². The first kappa shape index (κ1) is 14.5. The Morgan fingerprint density at radius 1 is 1.43 bits per heavy atom. The highest BCUT2D eigenvalue weighted by Crippen LogP contribution is 2.42. The van der Waals surface area contributed by atoms with E-state index in [1.165, 1.54) is 0 Å². The first-order valence-corrected chi connectivity index (χ1v) is 8.86. The van der Waals surface area contributed by atoms with E-state index in [0.29, 0.717) is 19.0 Å². The van der Waals surface area contributed by atoms with Crippen molar-refractivity contribution in [3.8, 4) is 0 Å². The van der Waals surface area contributed by atoms with Gasteiger partial charge in [0.2, 0.25) is 15.9 Å². The largest absolute Gasteiger partial charge is 0.312 e. The Bertz CT molecular complexity index is 684. The number of hydrogen-bond donors (Lipinski definition) is 1. The van der Waals surface area contributed by atoms with Crippen LogP contribution in [0.2, 0.25) is 0 Å². The fraction of sp³-hybridized carbons (Fsp3) is 0.533. The smallest absolute Gasteiger partial charge is 0.240 e. The predicted octanol–water partition coefficient (Wildman–Crippen LogP) is 1.53. The summed E-state index contributed by atoms with van der Waals surface area (Å²) in [6, 6.07) is 5.07. The van der Waals surface area contributed by atoms with Crippen LogP contribution in [-0.4, -0.2) is 27.4 Å². The highest BCUT2D eigenvalue weighted by molar-refractivity contribution is 7.89. The molecule has 114 valence electrons. The SMILES string of the molecule is CCNS(=O)(=O)c1ccc2c(c1)N(C(=O)[C@@H]1C[C@@H]1C)CC2. The average Bonchev–Trinajstić information content (AvgIpc) is 3.01. The van der Waals surface area contributed by atoms with E-state index in [1.54, 1.807) is 24.0 Å². The lowest BCUT2D eigenvalue weighted by molar-refractivity contribution is -0.119. The third-order valence-electron chi connectivity index (χ3n) is 4.29. The number of nitrogens with one attached hydrogen (secondary N) is 1. The van der Waals surface area contributed by atoms with Gasteiger partial charge in [-0.25, -0.2) is 13.1 Å². The molecule has 1 N–H and O–H groups in total. The molecule has 0 radical (unpaired) electrons. The van der Waals surface area contributed by atoms with E-state index in [-0.39, 0.29) is 16.7 Å². The molecule has 3 rings (SSSR count). The molecule has 0 spiro atoms. The minimum absolute atomic E-state index is 0.116. The molecule has 0 aromatic heterocycles. The first-order valence-electron chi connectivity index (χ1n) is 7.38. The van der Waals surface area contributed by atoms with Gasteiger partial charge in [-0.05, 0) is 36.5 Å². The molecule has 5 nitrogen and oxygen atoms in total. The van der Waals surface area contributed by atoms with Gasteiger partial charge in [0.25, 0.3) is 0 Å². The second kappa shape index (κ2) is 5.10. The molecule has 1 saturated carbocycles. The van der Waals surface area contributed by atoms with Crippen LogP contribution < -0.4 is 9.62 Å². The highest BCUT2D eigenvalue weighted by Gasteiger charge is 2.43. The Morgan fingerprint density at radius 3 is 2.76 bits per heavy atom. The molecule has 1 heterocycles. The zero-order chi connectivity index (χ0) is 15.2. The Morgan fingerprint density at radius 2 is 2.14 bits per heavy atom. The van der Waals surface area contributed by atoms with Crippen LogP contribution in [0.5, 0.6) is 0 Å². The van der Waals surface area contributed by atoms with Gasteiger partial charge in [-0.3, -0.25) is 4.79 Å². The number of nitrogens with zero attached hydrogens (tertiary/aromatic N) is 1. The molecular weight excluding hydrogens is 288 g/mol. The van der Waals surface area contributed by atoms with E-state index in [1.807, 2.05) is 6.07 Å². The van der Waals surface area contributed by atoms with Gasteiger partial charge in [-0.1, -0.05) is 19.9 Å². The molecule has 0 bridgehead atoms. The molecule has 1 fully saturated rings. The van der Waals surface area contributed by atoms with Crippen LogP contribution in [0.1, 0.15) is 25.8 Å². The van der Waals surface area contributed by atoms with Crippen molar-refractivity contribution in [2.24, 2.45) is 11.8 Å². The van der Waals surface area contributed by atoms with Crippen molar-refractivity contribution < 1.29 is 13.2 Å². The summed E-state index contributed by atoms with van der Waals surface area (Å²) in [5.41, 5.74) is 1.81. The highest BCUT2D eigenvalue weighted by atomic mass is 32.2. The zero-order valence-electron chi connectivity index (χ0n) is 12.3. The fourth-order valence-electron chi connectivity index (χ4n) is 2.89. The predicted molar refractivity (Wildman–Crippen MR) is 80.6 cm³/mol. The van der Waals surface area contributed by atoms with Gasteiger partial charge in [-0.2, -0.15) is 0 Å². The Kier molecular flexibility index (Phi) is 3.53. The summed E-state index contributed by atoms with van der Waals surface area (Å²) >= 11 is 0. The number of benzene rings is 1. The summed E-state index contributed by atoms with van der Waals surface area (Å²) in [7, 11) is -3.48. The van der Waals surface area contributed by atoms with Crippen LogP contribution in [0.25, 0.3) is 0 Å². The van der Waals surface area contributed by atoms with Gasteiger partial charge < -0.3 is 4.90 Å². The van der Waals surface area contributed by atoms with Crippen molar-refractivity contribution >= 4 is 21.6 Å². The molecule has 1 aromatic carbocycles. The standard InChI is InChI=1S/C15H20N2O3S/c1-3-16-21(19,20)12-5-4-11-6-7-17(14(11)9-12)15(18)13-8-10(13)2/h4-5,9-10,13,16H,3,6-8H2,1-2H3/t10-,13+/m0/s1. The fourth-order valence-corrected chi connectivity index (χ4v) is 3.96. The van der Waals surface area contributed by atoms with E-state index in [9.17, 15) is 13.2 Å². The van der Waals surface area contributed by atoms with Crippen molar-refractivity contribution in [2.75, 3.05) is 18.0 Å². The quantitative estimate of drug-likeness (QED) is 0.917. The van der Waals surface area contributed by atoms with Crippen LogP contribution >= 0.6 is 0 Å². The lowest BCUT2D eigenvalue weighted by Gasteiger charge is -2.18. The number of carbonyl (C=O) groups excluding carboxylic acids is 1. The van der Waals surface area contributed by atoms with Crippen LogP contribution in [-0.2, 0) is 21.2 Å². The van der Waals surface area contributed by atoms with Crippen LogP contribution in [0, 0.1) is 11.8 Å². The third-order valence-corrected chi connectivity index (χ3v) is 5.83. The summed E-state index contributed by atoms with van der Waals surface area (Å²) in [6.45, 7) is 4.82. The van der Waals surface area contributed by atoms with Crippen molar-refractivity contribution in [3.05, 3.63) is 23.8 Å². The van der Waals surface area contributed by atoms with E-state index in [0.717, 1.165) is 24.1 Å². The lowest BCUT2D eigenvalue weighted by Crippen LogP contribution is -2.31. The summed E-state index contributed by atoms with van der Waals surface area (Å²) in [5.74, 6) is 0.708. The normalized spacial score (nSPS) is 24.0. The summed E-state index contributed by atoms with van der Waals surface area (Å²) in [6.07, 6.45) is 1.74. The number of amides is 1. The third kappa shape index (κ3) is 2.58. The summed E-state index contributed by atoms with van der Waals surface area (Å²) in [5, 5.41) is 0. The minimum atomic E-state index is -3.48. The molecule has 1 amide bonds. The van der Waals surface area contributed by atoms with E-state index < -0.39 is 10.0 Å². The molecule has 1 aromatic rings. The van der Waals surface area contributed by atoms with Crippen LogP contribution in [0.15, 0.2) is 23.1 Å². The molecule has 2 atom stereocenters. The minimum Gasteiger partial charge on any atom is -0.312 e. The van der Waals surface area contributed by atoms with E-state index >= 15 is 0 Å². The number of carbonyl (C=O) groups is 1. The topological polar surface area (TPSA) is 66.5 Å². The van der Waals surface area contributed by atoms with Gasteiger partial charge in [0.15, 0.2) is 0 Å². The molecule has 0 saturated heterocycles. The number of hydrogen-bond acceptors (Lipinski definition) is 3. The monoisotopic (exact) mass is 308 g/mol. The van der Waals surface area contributed by atoms with Crippen LogP contribution in [0.3, 0.4) is 0 Å². The maximum absolute atomic E-state index is 12.4. The number of sulfonamides is 1. The molecule has 1 aliphatic heterocycles. The van der Waals surface area contributed by atoms with Crippen LogP contribution in [0.4, 0.5) is 5.69 Å². The number of fused-ring (bicyclic) bond motifs is 1. The lowest BCUT2D eigenvalue weighted by atomic mass is 10.2. The Labute approximate surface area is 125 Å². The molecule has 6 heteroatoms. The van der Waals surface area contributed by atoms with Crippen molar-refractivity contribution in [1.29, 1.82) is 0 Å². The van der Waals surface area contributed by atoms with E-state index in [2.05, 4.69) is 11.6 Å². The molecule has 1 aliphatic carbocycles. The Balaban J connectivity index is 1.92. The molecular formula is C15H20N2O3S. The first-order chi connectivity index (χ1) is 9.94. The van der Waals surface area contributed by atoms with Crippen molar-refractivity contribution in [1.82, 2.24) is 4.72 Å². The molecule has 0 unspecified atom stereocenters. The average molecular weight is 308 g/mol.